The molecule has 27 heavy (non-hydrogen) atoms. The van der Waals surface area contributed by atoms with Gasteiger partial charge in [0.05, 0.1) is 5.69 Å². The van der Waals surface area contributed by atoms with Crippen molar-refractivity contribution in [2.45, 2.75) is 49.8 Å². The first-order chi connectivity index (χ1) is 12.8. The number of nitrogens with one attached hydrogen (secondary N) is 2. The standard InChI is InChI=1S/C18H23N3O5S/c19-16(23)18-11-12(18)7-3-1-2-4-10-15(22)20-13-8-5-6-9-14(13)27(25,26)21-17(18)24/h5-6,8-9,12H,1-4,7,10-11H2,(H2,19,23)(H,20,22)(H,21,24)/t12-,18-/m1/s1. The molecule has 1 fully saturated rings. The number of fused-ring (bicyclic) bond motifs is 2. The van der Waals surface area contributed by atoms with Gasteiger partial charge in [0.1, 0.15) is 10.3 Å². The van der Waals surface area contributed by atoms with Crippen molar-refractivity contribution in [2.24, 2.45) is 17.1 Å². The Labute approximate surface area is 157 Å². The van der Waals surface area contributed by atoms with E-state index in [1.165, 1.54) is 18.2 Å². The lowest BCUT2D eigenvalue weighted by Gasteiger charge is -2.16. The normalized spacial score (nSPS) is 28.4. The molecule has 0 bridgehead atoms. The van der Waals surface area contributed by atoms with Gasteiger partial charge in [0, 0.05) is 6.42 Å². The lowest BCUT2D eigenvalue weighted by atomic mass is 9.98. The fraction of sp³-hybridized carbons (Fsp3) is 0.500. The van der Waals surface area contributed by atoms with E-state index < -0.39 is 27.3 Å². The van der Waals surface area contributed by atoms with Crippen molar-refractivity contribution in [3.63, 3.8) is 0 Å². The monoisotopic (exact) mass is 393 g/mol. The fourth-order valence-corrected chi connectivity index (χ4v) is 4.89. The van der Waals surface area contributed by atoms with Gasteiger partial charge in [-0.25, -0.2) is 13.1 Å². The van der Waals surface area contributed by atoms with E-state index in [1.807, 2.05) is 4.72 Å². The number of nitrogens with two attached hydrogens (primary N) is 1. The van der Waals surface area contributed by atoms with Crippen molar-refractivity contribution >= 4 is 33.4 Å². The van der Waals surface area contributed by atoms with Gasteiger partial charge in [-0.3, -0.25) is 14.4 Å². The van der Waals surface area contributed by atoms with Crippen LogP contribution in [0, 0.1) is 11.3 Å². The quantitative estimate of drug-likeness (QED) is 0.618. The number of hydrogen-bond donors (Lipinski definition) is 3. The van der Waals surface area contributed by atoms with E-state index in [2.05, 4.69) is 5.32 Å². The lowest BCUT2D eigenvalue weighted by molar-refractivity contribution is -0.135. The zero-order valence-corrected chi connectivity index (χ0v) is 15.7. The third-order valence-corrected chi connectivity index (χ3v) is 6.72. The van der Waals surface area contributed by atoms with Crippen LogP contribution in [0.25, 0.3) is 0 Å². The summed E-state index contributed by atoms with van der Waals surface area (Å²) < 4.78 is 27.5. The third-order valence-electron chi connectivity index (χ3n) is 5.33. The molecule has 1 aromatic rings. The number of anilines is 1. The number of benzene rings is 1. The van der Waals surface area contributed by atoms with E-state index in [1.54, 1.807) is 6.07 Å². The molecule has 146 valence electrons. The smallest absolute Gasteiger partial charge is 0.266 e. The van der Waals surface area contributed by atoms with Crippen molar-refractivity contribution in [1.29, 1.82) is 0 Å². The van der Waals surface area contributed by atoms with Crippen LogP contribution >= 0.6 is 0 Å². The molecule has 1 aromatic carbocycles. The molecular formula is C18H23N3O5S. The van der Waals surface area contributed by atoms with Crippen LogP contribution in [0.3, 0.4) is 0 Å². The summed E-state index contributed by atoms with van der Waals surface area (Å²) in [6, 6.07) is 5.84. The van der Waals surface area contributed by atoms with Crippen LogP contribution < -0.4 is 15.8 Å². The van der Waals surface area contributed by atoms with Gasteiger partial charge >= 0.3 is 0 Å². The topological polar surface area (TPSA) is 135 Å². The number of carbonyl (C=O) groups excluding carboxylic acids is 3. The predicted molar refractivity (Wildman–Crippen MR) is 97.8 cm³/mol. The molecule has 1 heterocycles. The molecule has 2 atom stereocenters. The van der Waals surface area contributed by atoms with Gasteiger partial charge in [-0.05, 0) is 37.3 Å². The number of hydrogen-bond acceptors (Lipinski definition) is 5. The second-order valence-corrected chi connectivity index (χ2v) is 8.82. The first-order valence-corrected chi connectivity index (χ1v) is 10.5. The Bertz CT molecular complexity index is 883. The van der Waals surface area contributed by atoms with Gasteiger partial charge in [-0.1, -0.05) is 31.4 Å². The van der Waals surface area contributed by atoms with Gasteiger partial charge in [0.2, 0.25) is 17.7 Å². The SMILES string of the molecule is NC(=O)[C@@]12C[C@H]1CCCCCCC(=O)Nc1ccccc1S(=O)(=O)NC2=O. The second kappa shape index (κ2) is 7.30. The Morgan fingerprint density at radius 2 is 1.81 bits per heavy atom. The van der Waals surface area contributed by atoms with Gasteiger partial charge in [-0.2, -0.15) is 0 Å². The number of rotatable bonds is 1. The minimum atomic E-state index is -4.27. The Morgan fingerprint density at radius 3 is 2.56 bits per heavy atom. The van der Waals surface area contributed by atoms with Crippen LogP contribution in [0.15, 0.2) is 29.2 Å². The van der Waals surface area contributed by atoms with Crippen molar-refractivity contribution in [3.05, 3.63) is 24.3 Å². The summed E-state index contributed by atoms with van der Waals surface area (Å²) in [7, 11) is -4.27. The summed E-state index contributed by atoms with van der Waals surface area (Å²) in [6.07, 6.45) is 4.37. The summed E-state index contributed by atoms with van der Waals surface area (Å²) in [5.74, 6) is -2.22. The average Bonchev–Trinajstić information content (AvgIpc) is 3.33. The highest BCUT2D eigenvalue weighted by Gasteiger charge is 2.64. The maximum absolute atomic E-state index is 12.7. The van der Waals surface area contributed by atoms with E-state index in [-0.39, 0.29) is 35.2 Å². The predicted octanol–water partition coefficient (Wildman–Crippen LogP) is 1.28. The molecule has 0 saturated heterocycles. The number of para-hydroxylation sites is 1. The fourth-order valence-electron chi connectivity index (χ4n) is 3.68. The van der Waals surface area contributed by atoms with E-state index in [9.17, 15) is 22.8 Å². The van der Waals surface area contributed by atoms with E-state index in [0.717, 1.165) is 19.3 Å². The molecule has 0 spiro atoms. The molecule has 0 radical (unpaired) electrons. The van der Waals surface area contributed by atoms with Crippen LogP contribution in [0.5, 0.6) is 0 Å². The van der Waals surface area contributed by atoms with E-state index >= 15 is 0 Å². The number of carbonyl (C=O) groups is 3. The van der Waals surface area contributed by atoms with Crippen molar-refractivity contribution in [1.82, 2.24) is 4.72 Å². The van der Waals surface area contributed by atoms with E-state index in [4.69, 9.17) is 5.73 Å². The molecule has 1 aliphatic heterocycles. The highest BCUT2D eigenvalue weighted by atomic mass is 32.2. The van der Waals surface area contributed by atoms with Crippen molar-refractivity contribution < 1.29 is 22.8 Å². The maximum Gasteiger partial charge on any atom is 0.266 e. The molecule has 9 heteroatoms. The van der Waals surface area contributed by atoms with Gasteiger partial charge in [-0.15, -0.1) is 0 Å². The molecule has 0 unspecified atom stereocenters. The van der Waals surface area contributed by atoms with Crippen molar-refractivity contribution in [3.8, 4) is 0 Å². The summed E-state index contributed by atoms with van der Waals surface area (Å²) in [5, 5.41) is 2.59. The first-order valence-electron chi connectivity index (χ1n) is 9.03. The van der Waals surface area contributed by atoms with Crippen LogP contribution in [-0.2, 0) is 24.4 Å². The van der Waals surface area contributed by atoms with Crippen molar-refractivity contribution in [2.75, 3.05) is 5.32 Å². The average molecular weight is 393 g/mol. The molecule has 1 saturated carbocycles. The van der Waals surface area contributed by atoms with Crippen LogP contribution in [0.4, 0.5) is 5.69 Å². The Morgan fingerprint density at radius 1 is 1.11 bits per heavy atom. The molecule has 2 aliphatic rings. The molecule has 3 amide bonds. The molecule has 1 aliphatic carbocycles. The highest BCUT2D eigenvalue weighted by molar-refractivity contribution is 7.90. The summed E-state index contributed by atoms with van der Waals surface area (Å²) in [4.78, 5) is 36.5. The summed E-state index contributed by atoms with van der Waals surface area (Å²) >= 11 is 0. The van der Waals surface area contributed by atoms with Gasteiger partial charge in [0.25, 0.3) is 10.0 Å². The largest absolute Gasteiger partial charge is 0.369 e. The molecular weight excluding hydrogens is 370 g/mol. The van der Waals surface area contributed by atoms with Crippen LogP contribution in [0.2, 0.25) is 0 Å². The summed E-state index contributed by atoms with van der Waals surface area (Å²) in [5.41, 5.74) is 4.07. The van der Waals surface area contributed by atoms with E-state index in [0.29, 0.717) is 12.8 Å². The third kappa shape index (κ3) is 3.83. The van der Waals surface area contributed by atoms with Gasteiger partial charge < -0.3 is 11.1 Å². The molecule has 8 nitrogen and oxygen atoms in total. The summed E-state index contributed by atoms with van der Waals surface area (Å²) in [6.45, 7) is 0. The second-order valence-electron chi connectivity index (χ2n) is 7.17. The maximum atomic E-state index is 12.7. The Kier molecular flexibility index (Phi) is 5.23. The number of sulfonamides is 1. The van der Waals surface area contributed by atoms with Crippen LogP contribution in [-0.4, -0.2) is 26.1 Å². The molecule has 4 N–H and O–H groups in total. The molecule has 3 rings (SSSR count). The zero-order valence-electron chi connectivity index (χ0n) is 14.9. The molecule has 0 aromatic heterocycles. The Balaban J connectivity index is 1.95. The zero-order chi connectivity index (χ0) is 19.7. The van der Waals surface area contributed by atoms with Gasteiger partial charge in [0.15, 0.2) is 0 Å². The lowest BCUT2D eigenvalue weighted by Crippen LogP contribution is -2.44. The van der Waals surface area contributed by atoms with Crippen LogP contribution in [0.1, 0.15) is 44.9 Å². The number of amides is 3. The number of primary amides is 1. The minimum absolute atomic E-state index is 0.0955. The minimum Gasteiger partial charge on any atom is -0.369 e. The highest BCUT2D eigenvalue weighted by Crippen LogP contribution is 2.55. The first kappa shape index (κ1) is 19.3. The Hall–Kier alpha value is -2.42.